The van der Waals surface area contributed by atoms with Gasteiger partial charge in [0, 0.05) is 30.3 Å². The first kappa shape index (κ1) is 22.3. The minimum atomic E-state index is -1.61. The Balaban J connectivity index is 1.63. The summed E-state index contributed by atoms with van der Waals surface area (Å²) in [6.45, 7) is 1.96. The topological polar surface area (TPSA) is 98.1 Å². The van der Waals surface area contributed by atoms with E-state index in [1.165, 1.54) is 4.68 Å². The highest BCUT2D eigenvalue weighted by Gasteiger charge is 2.28. The van der Waals surface area contributed by atoms with Crippen LogP contribution in [0.5, 0.6) is 5.75 Å². The zero-order chi connectivity index (χ0) is 23.5. The number of amides is 2. The molecule has 1 heterocycles. The number of nitrogens with one attached hydrogen (secondary N) is 2. The molecule has 0 unspecified atom stereocenters. The largest absolute Gasteiger partial charge is 0.487 e. The second-order valence-corrected chi connectivity index (χ2v) is 7.44. The van der Waals surface area contributed by atoms with E-state index in [0.29, 0.717) is 29.9 Å². The van der Waals surface area contributed by atoms with Gasteiger partial charge in [0.25, 0.3) is 11.8 Å². The number of halogens is 3. The average Bonchev–Trinajstić information content (AvgIpc) is 3.51. The highest BCUT2D eigenvalue weighted by molar-refractivity contribution is 5.94. The molecule has 1 aliphatic rings. The van der Waals surface area contributed by atoms with Crippen molar-refractivity contribution in [3.05, 3.63) is 70.8 Å². The molecule has 0 saturated heterocycles. The molecule has 0 atom stereocenters. The lowest BCUT2D eigenvalue weighted by molar-refractivity contribution is 0.0939. The highest BCUT2D eigenvalue weighted by atomic mass is 19.2. The summed E-state index contributed by atoms with van der Waals surface area (Å²) in [7, 11) is 0. The standard InChI is InChI=1S/C22H20F3N5O3/c1-2-26-21(31)12-3-7-14(8-4-12)30-18(20(28-29-30)22(32)27-13-5-6-13)11-33-15-9-16(23)19(25)17(24)10-15/h3-4,7-10,13H,2,5-6,11H2,1H3,(H,26,31)(H,27,32). The number of nitrogens with zero attached hydrogens (tertiary/aromatic N) is 3. The molecule has 1 fully saturated rings. The van der Waals surface area contributed by atoms with Crippen LogP contribution in [-0.2, 0) is 6.61 Å². The molecule has 1 aliphatic carbocycles. The van der Waals surface area contributed by atoms with E-state index in [9.17, 15) is 22.8 Å². The molecule has 4 rings (SSSR count). The van der Waals surface area contributed by atoms with E-state index in [2.05, 4.69) is 20.9 Å². The number of rotatable bonds is 8. The van der Waals surface area contributed by atoms with Crippen molar-refractivity contribution in [3.8, 4) is 11.4 Å². The number of hydrogen-bond acceptors (Lipinski definition) is 5. The quantitative estimate of drug-likeness (QED) is 0.505. The van der Waals surface area contributed by atoms with Gasteiger partial charge in [0.2, 0.25) is 0 Å². The van der Waals surface area contributed by atoms with Gasteiger partial charge in [-0.3, -0.25) is 9.59 Å². The Labute approximate surface area is 186 Å². The summed E-state index contributed by atoms with van der Waals surface area (Å²) in [5, 5.41) is 13.5. The lowest BCUT2D eigenvalue weighted by Gasteiger charge is -2.11. The highest BCUT2D eigenvalue weighted by Crippen LogP contribution is 2.23. The molecule has 0 bridgehead atoms. The molecule has 3 aromatic rings. The van der Waals surface area contributed by atoms with Gasteiger partial charge in [-0.2, -0.15) is 0 Å². The summed E-state index contributed by atoms with van der Waals surface area (Å²) in [5.41, 5.74) is 1.11. The molecular formula is C22H20F3N5O3. The van der Waals surface area contributed by atoms with Crippen molar-refractivity contribution < 1.29 is 27.5 Å². The van der Waals surface area contributed by atoms with Crippen molar-refractivity contribution in [2.75, 3.05) is 6.54 Å². The van der Waals surface area contributed by atoms with Crippen LogP contribution in [0.2, 0.25) is 0 Å². The normalized spacial score (nSPS) is 13.0. The molecule has 0 aliphatic heterocycles. The summed E-state index contributed by atoms with van der Waals surface area (Å²) < 4.78 is 47.1. The Hall–Kier alpha value is -3.89. The Kier molecular flexibility index (Phi) is 6.29. The molecule has 2 aromatic carbocycles. The number of aromatic nitrogens is 3. The molecule has 0 radical (unpaired) electrons. The molecule has 2 amide bonds. The van der Waals surface area contributed by atoms with Crippen molar-refractivity contribution in [2.24, 2.45) is 0 Å². The van der Waals surface area contributed by atoms with E-state index in [1.807, 2.05) is 0 Å². The maximum Gasteiger partial charge on any atom is 0.274 e. The van der Waals surface area contributed by atoms with Gasteiger partial charge in [-0.25, -0.2) is 17.9 Å². The molecule has 33 heavy (non-hydrogen) atoms. The average molecular weight is 459 g/mol. The molecule has 8 nitrogen and oxygen atoms in total. The van der Waals surface area contributed by atoms with E-state index in [1.54, 1.807) is 31.2 Å². The number of carbonyl (C=O) groups is 2. The van der Waals surface area contributed by atoms with E-state index in [4.69, 9.17) is 4.74 Å². The van der Waals surface area contributed by atoms with Crippen LogP contribution in [0.4, 0.5) is 13.2 Å². The third kappa shape index (κ3) is 4.97. The van der Waals surface area contributed by atoms with Crippen LogP contribution >= 0.6 is 0 Å². The minimum Gasteiger partial charge on any atom is -0.487 e. The Morgan fingerprint density at radius 3 is 2.36 bits per heavy atom. The number of benzene rings is 2. The third-order valence-electron chi connectivity index (χ3n) is 4.94. The third-order valence-corrected chi connectivity index (χ3v) is 4.94. The Morgan fingerprint density at radius 2 is 1.76 bits per heavy atom. The van der Waals surface area contributed by atoms with Gasteiger partial charge in [-0.05, 0) is 44.0 Å². The van der Waals surface area contributed by atoms with Crippen LogP contribution in [0.1, 0.15) is 46.3 Å². The molecule has 1 saturated carbocycles. The van der Waals surface area contributed by atoms with Gasteiger partial charge in [0.05, 0.1) is 5.69 Å². The van der Waals surface area contributed by atoms with Crippen molar-refractivity contribution in [1.29, 1.82) is 0 Å². The molecule has 172 valence electrons. The van der Waals surface area contributed by atoms with E-state index >= 15 is 0 Å². The van der Waals surface area contributed by atoms with E-state index in [-0.39, 0.29) is 35.7 Å². The Morgan fingerprint density at radius 1 is 1.09 bits per heavy atom. The maximum absolute atomic E-state index is 13.5. The smallest absolute Gasteiger partial charge is 0.274 e. The van der Waals surface area contributed by atoms with Crippen molar-refractivity contribution in [3.63, 3.8) is 0 Å². The fourth-order valence-corrected chi connectivity index (χ4v) is 3.08. The van der Waals surface area contributed by atoms with Crippen LogP contribution in [0, 0.1) is 17.5 Å². The first-order valence-electron chi connectivity index (χ1n) is 10.3. The number of carbonyl (C=O) groups excluding carboxylic acids is 2. The van der Waals surface area contributed by atoms with Gasteiger partial charge >= 0.3 is 0 Å². The van der Waals surface area contributed by atoms with E-state index in [0.717, 1.165) is 12.8 Å². The summed E-state index contributed by atoms with van der Waals surface area (Å²) in [4.78, 5) is 24.6. The molecule has 1 aromatic heterocycles. The van der Waals surface area contributed by atoms with Gasteiger partial charge in [-0.1, -0.05) is 5.21 Å². The Bertz CT molecular complexity index is 1170. The van der Waals surface area contributed by atoms with Crippen molar-refractivity contribution >= 4 is 11.8 Å². The van der Waals surface area contributed by atoms with Gasteiger partial charge in [0.15, 0.2) is 23.1 Å². The van der Waals surface area contributed by atoms with Gasteiger partial charge in [-0.15, -0.1) is 5.10 Å². The van der Waals surface area contributed by atoms with E-state index < -0.39 is 23.4 Å². The molecule has 11 heteroatoms. The summed E-state index contributed by atoms with van der Waals surface area (Å²) >= 11 is 0. The van der Waals surface area contributed by atoms with Gasteiger partial charge in [0.1, 0.15) is 18.1 Å². The fraction of sp³-hybridized carbons (Fsp3) is 0.273. The predicted molar refractivity (Wildman–Crippen MR) is 111 cm³/mol. The predicted octanol–water partition coefficient (Wildman–Crippen LogP) is 2.91. The first-order chi connectivity index (χ1) is 15.9. The molecular weight excluding hydrogens is 439 g/mol. The van der Waals surface area contributed by atoms with Crippen LogP contribution in [-0.4, -0.2) is 39.4 Å². The fourth-order valence-electron chi connectivity index (χ4n) is 3.08. The molecule has 0 spiro atoms. The lowest BCUT2D eigenvalue weighted by atomic mass is 10.2. The minimum absolute atomic E-state index is 0.0160. The maximum atomic E-state index is 13.5. The summed E-state index contributed by atoms with van der Waals surface area (Å²) in [5.74, 6) is -5.37. The van der Waals surface area contributed by atoms with Gasteiger partial charge < -0.3 is 15.4 Å². The van der Waals surface area contributed by atoms with Crippen molar-refractivity contribution in [1.82, 2.24) is 25.6 Å². The zero-order valence-corrected chi connectivity index (χ0v) is 17.6. The lowest BCUT2D eigenvalue weighted by Crippen LogP contribution is -2.27. The molecule has 2 N–H and O–H groups in total. The second-order valence-electron chi connectivity index (χ2n) is 7.44. The zero-order valence-electron chi connectivity index (χ0n) is 17.6. The summed E-state index contributed by atoms with van der Waals surface area (Å²) in [6, 6.07) is 7.87. The number of ether oxygens (including phenoxy) is 1. The van der Waals surface area contributed by atoms with Crippen LogP contribution in [0.15, 0.2) is 36.4 Å². The monoisotopic (exact) mass is 459 g/mol. The van der Waals surface area contributed by atoms with Crippen LogP contribution in [0.3, 0.4) is 0 Å². The first-order valence-corrected chi connectivity index (χ1v) is 10.3. The number of hydrogen-bond donors (Lipinski definition) is 2. The SMILES string of the molecule is CCNC(=O)c1ccc(-n2nnc(C(=O)NC3CC3)c2COc2cc(F)c(F)c(F)c2)cc1. The van der Waals surface area contributed by atoms with Crippen LogP contribution < -0.4 is 15.4 Å². The van der Waals surface area contributed by atoms with Crippen molar-refractivity contribution in [2.45, 2.75) is 32.4 Å². The van der Waals surface area contributed by atoms with Crippen LogP contribution in [0.25, 0.3) is 5.69 Å². The second kappa shape index (κ2) is 9.31. The summed E-state index contributed by atoms with van der Waals surface area (Å²) in [6.07, 6.45) is 1.72.